The van der Waals surface area contributed by atoms with Crippen molar-refractivity contribution in [2.24, 2.45) is 7.05 Å². The maximum atomic E-state index is 6.18. The molecule has 90 valence electrons. The van der Waals surface area contributed by atoms with Crippen LogP contribution in [0.3, 0.4) is 0 Å². The van der Waals surface area contributed by atoms with E-state index >= 15 is 0 Å². The maximum absolute atomic E-state index is 6.18. The number of likely N-dealkylation sites (N-methyl/N-ethyl adjacent to an activating group) is 1. The standard InChI is InChI=1S/C11H18ClN3O/c1-3-13-10(9-5-4-6-16-9)11-8(12)7-14-15(11)2/h7,9-10,13H,3-6H2,1-2H3. The summed E-state index contributed by atoms with van der Waals surface area (Å²) in [5.41, 5.74) is 1.02. The largest absolute Gasteiger partial charge is 0.376 e. The van der Waals surface area contributed by atoms with Gasteiger partial charge in [0.05, 0.1) is 29.1 Å². The molecule has 4 nitrogen and oxygen atoms in total. The van der Waals surface area contributed by atoms with Crippen LogP contribution in [0.5, 0.6) is 0 Å². The number of nitrogens with one attached hydrogen (secondary N) is 1. The lowest BCUT2D eigenvalue weighted by Gasteiger charge is -2.24. The van der Waals surface area contributed by atoms with Gasteiger partial charge in [-0.1, -0.05) is 18.5 Å². The van der Waals surface area contributed by atoms with Crippen molar-refractivity contribution in [3.63, 3.8) is 0 Å². The molecule has 0 aliphatic carbocycles. The van der Waals surface area contributed by atoms with E-state index < -0.39 is 0 Å². The topological polar surface area (TPSA) is 39.1 Å². The van der Waals surface area contributed by atoms with E-state index in [0.717, 1.165) is 31.7 Å². The summed E-state index contributed by atoms with van der Waals surface area (Å²) in [5, 5.41) is 8.33. The molecular weight excluding hydrogens is 226 g/mol. The summed E-state index contributed by atoms with van der Waals surface area (Å²) in [6, 6.07) is 0.146. The van der Waals surface area contributed by atoms with E-state index in [1.165, 1.54) is 0 Å². The van der Waals surface area contributed by atoms with Gasteiger partial charge in [-0.15, -0.1) is 0 Å². The Hall–Kier alpha value is -0.580. The van der Waals surface area contributed by atoms with Crippen molar-refractivity contribution < 1.29 is 4.74 Å². The van der Waals surface area contributed by atoms with Gasteiger partial charge in [-0.2, -0.15) is 5.10 Å². The molecule has 2 rings (SSSR count). The molecule has 5 heteroatoms. The SMILES string of the molecule is CCNC(c1c(Cl)cnn1C)C1CCCO1. The van der Waals surface area contributed by atoms with Crippen LogP contribution in [-0.4, -0.2) is 29.0 Å². The van der Waals surface area contributed by atoms with Crippen LogP contribution >= 0.6 is 11.6 Å². The summed E-state index contributed by atoms with van der Waals surface area (Å²) in [7, 11) is 1.92. The molecule has 2 heterocycles. The maximum Gasteiger partial charge on any atom is 0.0835 e. The third-order valence-corrected chi connectivity index (χ3v) is 3.28. The zero-order valence-corrected chi connectivity index (χ0v) is 10.5. The first-order valence-electron chi connectivity index (χ1n) is 5.76. The molecule has 1 N–H and O–H groups in total. The Balaban J connectivity index is 2.24. The highest BCUT2D eigenvalue weighted by molar-refractivity contribution is 6.31. The molecule has 0 aromatic carbocycles. The van der Waals surface area contributed by atoms with Gasteiger partial charge in [-0.3, -0.25) is 4.68 Å². The van der Waals surface area contributed by atoms with Crippen molar-refractivity contribution in [2.45, 2.75) is 31.9 Å². The van der Waals surface area contributed by atoms with Crippen LogP contribution in [0.15, 0.2) is 6.20 Å². The van der Waals surface area contributed by atoms with Gasteiger partial charge in [0.25, 0.3) is 0 Å². The van der Waals surface area contributed by atoms with Crippen LogP contribution in [0.25, 0.3) is 0 Å². The number of ether oxygens (including phenoxy) is 1. The molecule has 16 heavy (non-hydrogen) atoms. The lowest BCUT2D eigenvalue weighted by molar-refractivity contribution is 0.0763. The highest BCUT2D eigenvalue weighted by atomic mass is 35.5. The van der Waals surface area contributed by atoms with Crippen molar-refractivity contribution in [2.75, 3.05) is 13.2 Å². The number of aromatic nitrogens is 2. The van der Waals surface area contributed by atoms with E-state index in [-0.39, 0.29) is 12.1 Å². The van der Waals surface area contributed by atoms with E-state index in [0.29, 0.717) is 5.02 Å². The van der Waals surface area contributed by atoms with E-state index in [9.17, 15) is 0 Å². The Labute approximate surface area is 101 Å². The Bertz CT molecular complexity index is 327. The normalized spacial score (nSPS) is 22.6. The first-order valence-corrected chi connectivity index (χ1v) is 6.14. The molecule has 0 radical (unpaired) electrons. The molecule has 0 spiro atoms. The van der Waals surface area contributed by atoms with Crippen LogP contribution in [0.4, 0.5) is 0 Å². The summed E-state index contributed by atoms with van der Waals surface area (Å²) >= 11 is 6.18. The fourth-order valence-corrected chi connectivity index (χ4v) is 2.54. The minimum absolute atomic E-state index is 0.146. The Morgan fingerprint density at radius 1 is 1.75 bits per heavy atom. The van der Waals surface area contributed by atoms with Crippen LogP contribution in [0.2, 0.25) is 5.02 Å². The van der Waals surface area contributed by atoms with Gasteiger partial charge in [-0.05, 0) is 19.4 Å². The first kappa shape index (κ1) is 11.9. The van der Waals surface area contributed by atoms with E-state index in [1.807, 2.05) is 11.7 Å². The van der Waals surface area contributed by atoms with Gasteiger partial charge in [-0.25, -0.2) is 0 Å². The summed E-state index contributed by atoms with van der Waals surface area (Å²) < 4.78 is 7.57. The molecule has 1 saturated heterocycles. The van der Waals surface area contributed by atoms with Crippen molar-refractivity contribution in [3.05, 3.63) is 16.9 Å². The minimum Gasteiger partial charge on any atom is -0.376 e. The van der Waals surface area contributed by atoms with Crippen molar-refractivity contribution >= 4 is 11.6 Å². The molecule has 2 atom stereocenters. The monoisotopic (exact) mass is 243 g/mol. The summed E-state index contributed by atoms with van der Waals surface area (Å²) in [4.78, 5) is 0. The molecule has 1 fully saturated rings. The number of nitrogens with zero attached hydrogens (tertiary/aromatic N) is 2. The van der Waals surface area contributed by atoms with Gasteiger partial charge in [0.1, 0.15) is 0 Å². The van der Waals surface area contributed by atoms with Crippen LogP contribution < -0.4 is 5.32 Å². The summed E-state index contributed by atoms with van der Waals surface area (Å²) in [5.74, 6) is 0. The fraction of sp³-hybridized carbons (Fsp3) is 0.727. The number of hydrogen-bond acceptors (Lipinski definition) is 3. The fourth-order valence-electron chi connectivity index (χ4n) is 2.26. The lowest BCUT2D eigenvalue weighted by atomic mass is 10.0. The Kier molecular flexibility index (Phi) is 3.84. The molecule has 0 bridgehead atoms. The third-order valence-electron chi connectivity index (χ3n) is 2.99. The second-order valence-electron chi connectivity index (χ2n) is 4.09. The molecule has 1 aromatic heterocycles. The van der Waals surface area contributed by atoms with E-state index in [4.69, 9.17) is 16.3 Å². The number of rotatable bonds is 4. The average molecular weight is 244 g/mol. The van der Waals surface area contributed by atoms with Gasteiger partial charge >= 0.3 is 0 Å². The van der Waals surface area contributed by atoms with Gasteiger partial charge in [0.2, 0.25) is 0 Å². The average Bonchev–Trinajstić information content (AvgIpc) is 2.87. The molecule has 2 unspecified atom stereocenters. The second-order valence-corrected chi connectivity index (χ2v) is 4.50. The van der Waals surface area contributed by atoms with Crippen molar-refractivity contribution in [1.29, 1.82) is 0 Å². The predicted octanol–water partition coefficient (Wildman–Crippen LogP) is 1.90. The zero-order valence-electron chi connectivity index (χ0n) is 9.74. The molecule has 1 aliphatic rings. The smallest absolute Gasteiger partial charge is 0.0835 e. The van der Waals surface area contributed by atoms with Crippen molar-refractivity contribution in [3.8, 4) is 0 Å². The van der Waals surface area contributed by atoms with Crippen LogP contribution in [0, 0.1) is 0 Å². The molecule has 0 amide bonds. The highest BCUT2D eigenvalue weighted by Crippen LogP contribution is 2.30. The second kappa shape index (κ2) is 5.17. The Morgan fingerprint density at radius 3 is 3.06 bits per heavy atom. The van der Waals surface area contributed by atoms with Crippen LogP contribution in [0.1, 0.15) is 31.5 Å². The number of aryl methyl sites for hydroxylation is 1. The molecule has 1 aromatic rings. The molecule has 0 saturated carbocycles. The quantitative estimate of drug-likeness (QED) is 0.878. The first-order chi connectivity index (χ1) is 7.74. The van der Waals surface area contributed by atoms with Gasteiger partial charge in [0.15, 0.2) is 0 Å². The number of halogens is 1. The van der Waals surface area contributed by atoms with E-state index in [1.54, 1.807) is 6.20 Å². The van der Waals surface area contributed by atoms with Gasteiger partial charge in [0, 0.05) is 13.7 Å². The highest BCUT2D eigenvalue weighted by Gasteiger charge is 2.30. The zero-order chi connectivity index (χ0) is 11.5. The minimum atomic E-state index is 0.146. The van der Waals surface area contributed by atoms with Gasteiger partial charge < -0.3 is 10.1 Å². The van der Waals surface area contributed by atoms with Crippen LogP contribution in [-0.2, 0) is 11.8 Å². The van der Waals surface area contributed by atoms with Crippen molar-refractivity contribution in [1.82, 2.24) is 15.1 Å². The lowest BCUT2D eigenvalue weighted by Crippen LogP contribution is -2.33. The summed E-state index contributed by atoms with van der Waals surface area (Å²) in [6.07, 6.45) is 4.12. The summed E-state index contributed by atoms with van der Waals surface area (Å²) in [6.45, 7) is 3.83. The van der Waals surface area contributed by atoms with E-state index in [2.05, 4.69) is 17.3 Å². The Morgan fingerprint density at radius 2 is 2.56 bits per heavy atom. The molecule has 1 aliphatic heterocycles. The number of hydrogen-bond donors (Lipinski definition) is 1. The predicted molar refractivity (Wildman–Crippen MR) is 63.6 cm³/mol. The third kappa shape index (κ3) is 2.24. The molecular formula is C11H18ClN3O.